The number of rotatable bonds is 3. The molecule has 7 heteroatoms. The summed E-state index contributed by atoms with van der Waals surface area (Å²) in [5.74, 6) is 7.44. The molecule has 5 nitrogen and oxygen atoms in total. The van der Waals surface area contributed by atoms with Crippen molar-refractivity contribution in [1.29, 1.82) is 0 Å². The highest BCUT2D eigenvalue weighted by Crippen LogP contribution is 2.32. The summed E-state index contributed by atoms with van der Waals surface area (Å²) in [5, 5.41) is 0.497. The topological polar surface area (TPSA) is 73.1 Å². The number of halogens is 2. The number of hydrogen-bond acceptors (Lipinski definition) is 5. The van der Waals surface area contributed by atoms with Crippen molar-refractivity contribution in [2.24, 2.45) is 5.84 Å². The molecule has 0 atom stereocenters. The Morgan fingerprint density at radius 3 is 2.57 bits per heavy atom. The Hall–Kier alpha value is -1.37. The van der Waals surface area contributed by atoms with E-state index < -0.39 is 0 Å². The van der Waals surface area contributed by atoms with E-state index in [0.717, 1.165) is 4.47 Å². The first-order chi connectivity index (χ1) is 9.79. The van der Waals surface area contributed by atoms with E-state index in [-0.39, 0.29) is 5.41 Å². The summed E-state index contributed by atoms with van der Waals surface area (Å²) >= 11 is 9.50. The van der Waals surface area contributed by atoms with Gasteiger partial charge in [0.15, 0.2) is 0 Å². The predicted molar refractivity (Wildman–Crippen MR) is 87.8 cm³/mol. The molecule has 0 fully saturated rings. The zero-order valence-corrected chi connectivity index (χ0v) is 14.3. The van der Waals surface area contributed by atoms with Crippen LogP contribution in [0, 0.1) is 0 Å². The maximum absolute atomic E-state index is 6.12. The molecule has 112 valence electrons. The minimum absolute atomic E-state index is 0.230. The Balaban J connectivity index is 2.42. The summed E-state index contributed by atoms with van der Waals surface area (Å²) in [5.41, 5.74) is 2.29. The molecule has 0 saturated carbocycles. The Morgan fingerprint density at radius 2 is 1.95 bits per heavy atom. The number of benzene rings is 1. The van der Waals surface area contributed by atoms with Gasteiger partial charge in [0.05, 0.1) is 5.02 Å². The first-order valence-electron chi connectivity index (χ1n) is 6.28. The molecule has 0 amide bonds. The van der Waals surface area contributed by atoms with Gasteiger partial charge in [0.25, 0.3) is 0 Å². The Morgan fingerprint density at radius 1 is 1.24 bits per heavy atom. The van der Waals surface area contributed by atoms with Gasteiger partial charge in [-0.15, -0.1) is 0 Å². The molecule has 0 spiro atoms. The molecule has 0 aliphatic rings. The molecule has 1 heterocycles. The van der Waals surface area contributed by atoms with Gasteiger partial charge in [-0.05, 0) is 18.2 Å². The Labute approximate surface area is 137 Å². The highest BCUT2D eigenvalue weighted by Gasteiger charge is 2.20. The summed E-state index contributed by atoms with van der Waals surface area (Å²) in [6.07, 6.45) is 0. The largest absolute Gasteiger partial charge is 0.437 e. The second-order valence-corrected chi connectivity index (χ2v) is 6.81. The number of nitrogen functional groups attached to an aromatic ring is 1. The first kappa shape index (κ1) is 16.0. The van der Waals surface area contributed by atoms with Crippen LogP contribution in [0.3, 0.4) is 0 Å². The van der Waals surface area contributed by atoms with E-state index in [9.17, 15) is 0 Å². The zero-order valence-electron chi connectivity index (χ0n) is 11.9. The standard InChI is InChI=1S/C14H16BrClN4O/c1-14(2,3)13-18-11(20-17)7-12(19-13)21-10-6-8(15)4-5-9(10)16/h4-7H,17H2,1-3H3,(H,18,19,20). The van der Waals surface area contributed by atoms with Gasteiger partial charge in [0.2, 0.25) is 5.88 Å². The van der Waals surface area contributed by atoms with Crippen molar-refractivity contribution >= 4 is 33.3 Å². The summed E-state index contributed by atoms with van der Waals surface area (Å²) in [7, 11) is 0. The van der Waals surface area contributed by atoms with E-state index in [1.807, 2.05) is 26.8 Å². The van der Waals surface area contributed by atoms with Gasteiger partial charge in [-0.2, -0.15) is 4.98 Å². The van der Waals surface area contributed by atoms with Gasteiger partial charge in [-0.1, -0.05) is 48.3 Å². The van der Waals surface area contributed by atoms with Crippen LogP contribution in [0.1, 0.15) is 26.6 Å². The van der Waals surface area contributed by atoms with Crippen LogP contribution in [-0.2, 0) is 5.41 Å². The number of hydrazine groups is 1. The van der Waals surface area contributed by atoms with Crippen molar-refractivity contribution in [2.75, 3.05) is 5.43 Å². The zero-order chi connectivity index (χ0) is 15.6. The fourth-order valence-corrected chi connectivity index (χ4v) is 2.05. The van der Waals surface area contributed by atoms with Crippen LogP contribution >= 0.6 is 27.5 Å². The highest BCUT2D eigenvalue weighted by atomic mass is 79.9. The molecular weight excluding hydrogens is 356 g/mol. The lowest BCUT2D eigenvalue weighted by Gasteiger charge is -2.18. The minimum Gasteiger partial charge on any atom is -0.437 e. The van der Waals surface area contributed by atoms with E-state index in [1.54, 1.807) is 18.2 Å². The van der Waals surface area contributed by atoms with Crippen molar-refractivity contribution in [3.63, 3.8) is 0 Å². The molecule has 0 saturated heterocycles. The van der Waals surface area contributed by atoms with Gasteiger partial charge in [-0.3, -0.25) is 0 Å². The third-order valence-corrected chi connectivity index (χ3v) is 3.43. The predicted octanol–water partition coefficient (Wildman–Crippen LogP) is 4.27. The average Bonchev–Trinajstić information content (AvgIpc) is 2.41. The van der Waals surface area contributed by atoms with Gasteiger partial charge in [-0.25, -0.2) is 10.8 Å². The molecular formula is C14H16BrClN4O. The van der Waals surface area contributed by atoms with Crippen LogP contribution in [-0.4, -0.2) is 9.97 Å². The Bertz CT molecular complexity index is 658. The number of nitrogens with one attached hydrogen (secondary N) is 1. The van der Waals surface area contributed by atoms with Crippen molar-refractivity contribution in [3.05, 3.63) is 39.6 Å². The third-order valence-electron chi connectivity index (χ3n) is 2.63. The molecule has 0 unspecified atom stereocenters. The lowest BCUT2D eigenvalue weighted by Crippen LogP contribution is -2.19. The number of ether oxygens (including phenoxy) is 1. The maximum Gasteiger partial charge on any atom is 0.224 e. The van der Waals surface area contributed by atoms with Crippen LogP contribution in [0.4, 0.5) is 5.82 Å². The van der Waals surface area contributed by atoms with Gasteiger partial charge in [0, 0.05) is 16.0 Å². The third kappa shape index (κ3) is 4.06. The van der Waals surface area contributed by atoms with Crippen LogP contribution in [0.5, 0.6) is 11.6 Å². The van der Waals surface area contributed by atoms with Crippen LogP contribution in [0.25, 0.3) is 0 Å². The molecule has 21 heavy (non-hydrogen) atoms. The maximum atomic E-state index is 6.12. The van der Waals surface area contributed by atoms with Crippen molar-refractivity contribution in [3.8, 4) is 11.6 Å². The van der Waals surface area contributed by atoms with Crippen molar-refractivity contribution in [2.45, 2.75) is 26.2 Å². The van der Waals surface area contributed by atoms with E-state index in [4.69, 9.17) is 22.2 Å². The van der Waals surface area contributed by atoms with Crippen molar-refractivity contribution in [1.82, 2.24) is 9.97 Å². The fourth-order valence-electron chi connectivity index (χ4n) is 1.55. The monoisotopic (exact) mass is 370 g/mol. The second-order valence-electron chi connectivity index (χ2n) is 5.49. The highest BCUT2D eigenvalue weighted by molar-refractivity contribution is 9.10. The number of nitrogens with two attached hydrogens (primary N) is 1. The normalized spacial score (nSPS) is 11.3. The molecule has 2 aromatic rings. The van der Waals surface area contributed by atoms with E-state index in [1.165, 1.54) is 0 Å². The lowest BCUT2D eigenvalue weighted by molar-refractivity contribution is 0.446. The molecule has 0 radical (unpaired) electrons. The SMILES string of the molecule is CC(C)(C)c1nc(NN)cc(Oc2cc(Br)ccc2Cl)n1. The lowest BCUT2D eigenvalue weighted by atomic mass is 9.96. The van der Waals surface area contributed by atoms with Gasteiger partial charge in [0.1, 0.15) is 17.4 Å². The summed E-state index contributed by atoms with van der Waals surface area (Å²) in [6.45, 7) is 6.04. The van der Waals surface area contributed by atoms with Crippen LogP contribution < -0.4 is 16.0 Å². The molecule has 2 rings (SSSR count). The number of nitrogens with zero attached hydrogens (tertiary/aromatic N) is 2. The van der Waals surface area contributed by atoms with Gasteiger partial charge < -0.3 is 10.2 Å². The first-order valence-corrected chi connectivity index (χ1v) is 7.46. The quantitative estimate of drug-likeness (QED) is 0.622. The average molecular weight is 372 g/mol. The summed E-state index contributed by atoms with van der Waals surface area (Å²) < 4.78 is 6.62. The van der Waals surface area contributed by atoms with E-state index in [0.29, 0.717) is 28.3 Å². The summed E-state index contributed by atoms with van der Waals surface area (Å²) in [4.78, 5) is 8.75. The van der Waals surface area contributed by atoms with Crippen LogP contribution in [0.15, 0.2) is 28.7 Å². The van der Waals surface area contributed by atoms with Gasteiger partial charge >= 0.3 is 0 Å². The fraction of sp³-hybridized carbons (Fsp3) is 0.286. The van der Waals surface area contributed by atoms with E-state index >= 15 is 0 Å². The minimum atomic E-state index is -0.230. The summed E-state index contributed by atoms with van der Waals surface area (Å²) in [6, 6.07) is 6.97. The molecule has 3 N–H and O–H groups in total. The van der Waals surface area contributed by atoms with Crippen molar-refractivity contribution < 1.29 is 4.74 Å². The van der Waals surface area contributed by atoms with E-state index in [2.05, 4.69) is 31.3 Å². The molecule has 1 aromatic carbocycles. The second kappa shape index (κ2) is 6.17. The molecule has 1 aromatic heterocycles. The molecule has 0 bridgehead atoms. The molecule has 0 aliphatic heterocycles. The Kier molecular flexibility index (Phi) is 4.70. The number of aromatic nitrogens is 2. The van der Waals surface area contributed by atoms with Crippen LogP contribution in [0.2, 0.25) is 5.02 Å². The number of anilines is 1. The smallest absolute Gasteiger partial charge is 0.224 e. The number of hydrogen-bond donors (Lipinski definition) is 2. The molecule has 0 aliphatic carbocycles.